The van der Waals surface area contributed by atoms with Gasteiger partial charge in [0, 0.05) is 10.5 Å². The van der Waals surface area contributed by atoms with Gasteiger partial charge in [0.05, 0.1) is 0 Å². The summed E-state index contributed by atoms with van der Waals surface area (Å²) < 4.78 is 10.3. The quantitative estimate of drug-likeness (QED) is 0.691. The molecule has 0 saturated heterocycles. The number of halogens is 1. The van der Waals surface area contributed by atoms with Crippen molar-refractivity contribution in [3.63, 3.8) is 0 Å². The first-order valence-electron chi connectivity index (χ1n) is 4.74. The second-order valence-electron chi connectivity index (χ2n) is 3.22. The fraction of sp³-hybridized carbons (Fsp3) is 0. The molecule has 7 heteroatoms. The molecule has 0 aliphatic rings. The molecule has 0 atom stereocenters. The van der Waals surface area contributed by atoms with Crippen LogP contribution >= 0.6 is 15.9 Å². The van der Waals surface area contributed by atoms with Crippen LogP contribution in [0, 0.1) is 0 Å². The average Bonchev–Trinajstić information content (AvgIpc) is 2.81. The van der Waals surface area contributed by atoms with Crippen LogP contribution in [0.25, 0.3) is 0 Å². The standard InChI is InChI=1S/C11H6BrNO5/c12-6-1-3-7(4-2-6)17-11(16)8-5-9(10(14)15)18-13-8/h1-5H,(H,14,15). The van der Waals surface area contributed by atoms with Crippen molar-refractivity contribution in [2.45, 2.75) is 0 Å². The molecule has 2 aromatic rings. The average molecular weight is 312 g/mol. The Morgan fingerprint density at radius 1 is 1.28 bits per heavy atom. The van der Waals surface area contributed by atoms with E-state index in [1.165, 1.54) is 0 Å². The topological polar surface area (TPSA) is 89.6 Å². The van der Waals surface area contributed by atoms with Gasteiger partial charge in [-0.1, -0.05) is 21.1 Å². The van der Waals surface area contributed by atoms with Gasteiger partial charge in [-0.15, -0.1) is 0 Å². The van der Waals surface area contributed by atoms with Gasteiger partial charge in [0.2, 0.25) is 5.76 Å². The second-order valence-corrected chi connectivity index (χ2v) is 4.14. The van der Waals surface area contributed by atoms with Gasteiger partial charge in [0.15, 0.2) is 5.69 Å². The van der Waals surface area contributed by atoms with E-state index in [9.17, 15) is 9.59 Å². The van der Waals surface area contributed by atoms with Crippen molar-refractivity contribution in [3.05, 3.63) is 46.3 Å². The number of benzene rings is 1. The molecule has 0 saturated carbocycles. The summed E-state index contributed by atoms with van der Waals surface area (Å²) in [6, 6.07) is 7.58. The number of carbonyl (C=O) groups excluding carboxylic acids is 1. The maximum Gasteiger partial charge on any atom is 0.374 e. The predicted octanol–water partition coefficient (Wildman–Crippen LogP) is 2.35. The summed E-state index contributed by atoms with van der Waals surface area (Å²) in [4.78, 5) is 22.1. The Morgan fingerprint density at radius 2 is 1.94 bits per heavy atom. The van der Waals surface area contributed by atoms with E-state index in [-0.39, 0.29) is 5.69 Å². The number of rotatable bonds is 3. The number of esters is 1. The van der Waals surface area contributed by atoms with E-state index in [4.69, 9.17) is 9.84 Å². The molecular weight excluding hydrogens is 306 g/mol. The number of hydrogen-bond acceptors (Lipinski definition) is 5. The van der Waals surface area contributed by atoms with Crippen LogP contribution in [-0.2, 0) is 0 Å². The van der Waals surface area contributed by atoms with E-state index in [1.807, 2.05) is 0 Å². The van der Waals surface area contributed by atoms with Crippen LogP contribution in [0.4, 0.5) is 0 Å². The molecule has 1 N–H and O–H groups in total. The van der Waals surface area contributed by atoms with Crippen molar-refractivity contribution in [3.8, 4) is 5.75 Å². The van der Waals surface area contributed by atoms with Crippen LogP contribution in [0.3, 0.4) is 0 Å². The summed E-state index contributed by atoms with van der Waals surface area (Å²) in [6.45, 7) is 0. The summed E-state index contributed by atoms with van der Waals surface area (Å²) in [5, 5.41) is 11.9. The van der Waals surface area contributed by atoms with Crippen LogP contribution < -0.4 is 4.74 Å². The van der Waals surface area contributed by atoms with Crippen LogP contribution in [0.1, 0.15) is 21.0 Å². The third kappa shape index (κ3) is 2.75. The molecule has 2 rings (SSSR count). The van der Waals surface area contributed by atoms with Crippen LogP contribution in [0.5, 0.6) is 5.75 Å². The van der Waals surface area contributed by atoms with Gasteiger partial charge in [-0.2, -0.15) is 0 Å². The highest BCUT2D eigenvalue weighted by molar-refractivity contribution is 9.10. The first-order valence-corrected chi connectivity index (χ1v) is 5.53. The fourth-order valence-electron chi connectivity index (χ4n) is 1.13. The molecule has 0 bridgehead atoms. The van der Waals surface area contributed by atoms with Crippen molar-refractivity contribution in [2.75, 3.05) is 0 Å². The van der Waals surface area contributed by atoms with E-state index in [1.54, 1.807) is 24.3 Å². The Hall–Kier alpha value is -2.15. The summed E-state index contributed by atoms with van der Waals surface area (Å²) in [5.41, 5.74) is -0.199. The summed E-state index contributed by atoms with van der Waals surface area (Å²) >= 11 is 3.24. The van der Waals surface area contributed by atoms with Gasteiger partial charge < -0.3 is 14.4 Å². The fourth-order valence-corrected chi connectivity index (χ4v) is 1.40. The van der Waals surface area contributed by atoms with Crippen molar-refractivity contribution in [1.82, 2.24) is 5.16 Å². The van der Waals surface area contributed by atoms with Crippen molar-refractivity contribution < 1.29 is 24.0 Å². The molecule has 0 aliphatic carbocycles. The Labute approximate surface area is 109 Å². The zero-order valence-corrected chi connectivity index (χ0v) is 10.4. The highest BCUT2D eigenvalue weighted by atomic mass is 79.9. The number of nitrogens with zero attached hydrogens (tertiary/aromatic N) is 1. The smallest absolute Gasteiger partial charge is 0.374 e. The Kier molecular flexibility index (Phi) is 3.42. The molecule has 6 nitrogen and oxygen atoms in total. The Bertz CT molecular complexity index is 590. The summed E-state index contributed by atoms with van der Waals surface area (Å²) in [7, 11) is 0. The molecule has 18 heavy (non-hydrogen) atoms. The predicted molar refractivity (Wildman–Crippen MR) is 62.6 cm³/mol. The van der Waals surface area contributed by atoms with Gasteiger partial charge in [-0.05, 0) is 24.3 Å². The van der Waals surface area contributed by atoms with Crippen molar-refractivity contribution in [1.29, 1.82) is 0 Å². The largest absolute Gasteiger partial charge is 0.475 e. The van der Waals surface area contributed by atoms with Gasteiger partial charge in [0.1, 0.15) is 5.75 Å². The number of carboxylic acids is 1. The minimum absolute atomic E-state index is 0.199. The Morgan fingerprint density at radius 3 is 2.50 bits per heavy atom. The number of aromatic carboxylic acids is 1. The maximum atomic E-state index is 11.6. The molecule has 0 radical (unpaired) electrons. The molecule has 0 aliphatic heterocycles. The second kappa shape index (κ2) is 5.01. The van der Waals surface area contributed by atoms with E-state index in [0.717, 1.165) is 10.5 Å². The van der Waals surface area contributed by atoms with E-state index in [0.29, 0.717) is 5.75 Å². The lowest BCUT2D eigenvalue weighted by Crippen LogP contribution is -2.08. The zero-order chi connectivity index (χ0) is 13.1. The lowest BCUT2D eigenvalue weighted by molar-refractivity contribution is 0.0647. The molecule has 0 spiro atoms. The number of carboxylic acid groups (broad SMARTS) is 1. The van der Waals surface area contributed by atoms with Crippen LogP contribution in [0.15, 0.2) is 39.3 Å². The van der Waals surface area contributed by atoms with E-state index in [2.05, 4.69) is 25.6 Å². The lowest BCUT2D eigenvalue weighted by Gasteiger charge is -2.00. The van der Waals surface area contributed by atoms with E-state index < -0.39 is 17.7 Å². The first kappa shape index (κ1) is 12.3. The number of aromatic nitrogens is 1. The maximum absolute atomic E-state index is 11.6. The van der Waals surface area contributed by atoms with Crippen LogP contribution in [0.2, 0.25) is 0 Å². The number of ether oxygens (including phenoxy) is 1. The molecule has 92 valence electrons. The minimum atomic E-state index is -1.30. The molecule has 0 fully saturated rings. The molecule has 0 unspecified atom stereocenters. The molecule has 1 aromatic carbocycles. The SMILES string of the molecule is O=C(Oc1ccc(Br)cc1)c1cc(C(=O)O)on1. The molecular formula is C11H6BrNO5. The summed E-state index contributed by atoms with van der Waals surface area (Å²) in [6.07, 6.45) is 0. The number of hydrogen-bond donors (Lipinski definition) is 1. The molecule has 1 aromatic heterocycles. The first-order chi connectivity index (χ1) is 8.56. The van der Waals surface area contributed by atoms with Gasteiger partial charge in [-0.3, -0.25) is 0 Å². The normalized spacial score (nSPS) is 10.1. The third-order valence-electron chi connectivity index (χ3n) is 1.95. The van der Waals surface area contributed by atoms with Crippen molar-refractivity contribution >= 4 is 27.9 Å². The monoisotopic (exact) mass is 311 g/mol. The highest BCUT2D eigenvalue weighted by Gasteiger charge is 2.18. The summed E-state index contributed by atoms with van der Waals surface area (Å²) in [5.74, 6) is -2.18. The Balaban J connectivity index is 2.11. The third-order valence-corrected chi connectivity index (χ3v) is 2.48. The zero-order valence-electron chi connectivity index (χ0n) is 8.79. The van der Waals surface area contributed by atoms with E-state index >= 15 is 0 Å². The molecule has 1 heterocycles. The number of carbonyl (C=O) groups is 2. The van der Waals surface area contributed by atoms with Gasteiger partial charge >= 0.3 is 11.9 Å². The highest BCUT2D eigenvalue weighted by Crippen LogP contribution is 2.17. The van der Waals surface area contributed by atoms with Gasteiger partial charge in [0.25, 0.3) is 0 Å². The molecule has 0 amide bonds. The van der Waals surface area contributed by atoms with Crippen molar-refractivity contribution in [2.24, 2.45) is 0 Å². The lowest BCUT2D eigenvalue weighted by atomic mass is 10.3. The minimum Gasteiger partial charge on any atom is -0.475 e. The van der Waals surface area contributed by atoms with Gasteiger partial charge in [-0.25, -0.2) is 9.59 Å². The van der Waals surface area contributed by atoms with Crippen LogP contribution in [-0.4, -0.2) is 22.2 Å².